The van der Waals surface area contributed by atoms with Crippen molar-refractivity contribution in [3.8, 4) is 0 Å². The highest BCUT2D eigenvalue weighted by Gasteiger charge is 2.52. The van der Waals surface area contributed by atoms with Crippen LogP contribution in [-0.2, 0) is 33.2 Å². The van der Waals surface area contributed by atoms with Crippen LogP contribution in [0.3, 0.4) is 0 Å². The van der Waals surface area contributed by atoms with Gasteiger partial charge >= 0.3 is 0 Å². The van der Waals surface area contributed by atoms with Crippen LogP contribution in [0.1, 0.15) is 17.4 Å². The summed E-state index contributed by atoms with van der Waals surface area (Å²) in [6.45, 7) is 1.98. The third kappa shape index (κ3) is 4.28. The monoisotopic (exact) mass is 436 g/mol. The van der Waals surface area contributed by atoms with Crippen molar-refractivity contribution < 1.29 is 36.7 Å². The highest BCUT2D eigenvalue weighted by Crippen LogP contribution is 2.36. The van der Waals surface area contributed by atoms with Gasteiger partial charge in [-0.25, -0.2) is 0 Å². The molecule has 2 aromatic carbocycles. The van der Waals surface area contributed by atoms with Crippen molar-refractivity contribution in [1.29, 1.82) is 0 Å². The van der Waals surface area contributed by atoms with E-state index in [1.54, 1.807) is 12.1 Å². The number of fused-ring (bicyclic) bond motifs is 1. The van der Waals surface area contributed by atoms with E-state index in [2.05, 4.69) is 0 Å². The van der Waals surface area contributed by atoms with E-state index in [0.717, 1.165) is 11.1 Å². The van der Waals surface area contributed by atoms with Crippen molar-refractivity contribution in [3.63, 3.8) is 0 Å². The normalized spacial score (nSPS) is 31.8. The molecular weight excluding hydrogens is 412 g/mol. The van der Waals surface area contributed by atoms with E-state index in [9.17, 15) is 13.5 Å². The Kier molecular flexibility index (Phi) is 6.21. The van der Waals surface area contributed by atoms with Crippen LogP contribution < -0.4 is 0 Å². The molecule has 0 spiro atoms. The summed E-state index contributed by atoms with van der Waals surface area (Å²) < 4.78 is 53.9. The lowest BCUT2D eigenvalue weighted by Crippen LogP contribution is -2.63. The van der Waals surface area contributed by atoms with Crippen LogP contribution in [0.5, 0.6) is 0 Å². The van der Waals surface area contributed by atoms with Gasteiger partial charge in [0.05, 0.1) is 11.5 Å². The highest BCUT2D eigenvalue weighted by molar-refractivity contribution is 7.86. The van der Waals surface area contributed by atoms with Gasteiger partial charge < -0.3 is 24.1 Å². The molecule has 2 heterocycles. The SMILES string of the molecule is CO[C@H]1O[C@@H]2COC(c3ccccc3)O[C@@H]2[C@H](OS(=O)(=O)c2ccc(C)cc2)[C@H]1O. The van der Waals surface area contributed by atoms with Crippen molar-refractivity contribution in [2.45, 2.75) is 48.8 Å². The molecule has 2 fully saturated rings. The Morgan fingerprint density at radius 1 is 1.03 bits per heavy atom. The van der Waals surface area contributed by atoms with E-state index in [0.29, 0.717) is 0 Å². The van der Waals surface area contributed by atoms with E-state index in [1.165, 1.54) is 19.2 Å². The highest BCUT2D eigenvalue weighted by atomic mass is 32.2. The summed E-state index contributed by atoms with van der Waals surface area (Å²) >= 11 is 0. The lowest BCUT2D eigenvalue weighted by atomic mass is 9.98. The van der Waals surface area contributed by atoms with Crippen LogP contribution in [-0.4, -0.2) is 57.9 Å². The first-order valence-corrected chi connectivity index (χ1v) is 11.0. The first-order chi connectivity index (χ1) is 14.4. The Balaban J connectivity index is 1.61. The minimum absolute atomic E-state index is 0.0102. The maximum Gasteiger partial charge on any atom is 0.297 e. The number of rotatable bonds is 5. The molecule has 2 aliphatic rings. The summed E-state index contributed by atoms with van der Waals surface area (Å²) in [5, 5.41) is 10.7. The van der Waals surface area contributed by atoms with Crippen LogP contribution in [0, 0.1) is 6.92 Å². The number of aliphatic hydroxyl groups excluding tert-OH is 1. The van der Waals surface area contributed by atoms with Crippen molar-refractivity contribution in [1.82, 2.24) is 0 Å². The molecule has 2 aliphatic heterocycles. The van der Waals surface area contributed by atoms with Gasteiger partial charge in [-0.2, -0.15) is 8.42 Å². The molecule has 0 aliphatic carbocycles. The fourth-order valence-corrected chi connectivity index (χ4v) is 4.65. The molecule has 8 nitrogen and oxygen atoms in total. The average Bonchev–Trinajstić information content (AvgIpc) is 2.76. The zero-order chi connectivity index (χ0) is 21.3. The zero-order valence-corrected chi connectivity index (χ0v) is 17.4. The van der Waals surface area contributed by atoms with E-state index >= 15 is 0 Å². The van der Waals surface area contributed by atoms with Gasteiger partial charge in [0.2, 0.25) is 0 Å². The molecule has 0 bridgehead atoms. The smallest absolute Gasteiger partial charge is 0.297 e. The van der Waals surface area contributed by atoms with Gasteiger partial charge in [0, 0.05) is 12.7 Å². The topological polar surface area (TPSA) is 101 Å². The molecule has 0 amide bonds. The number of hydrogen-bond acceptors (Lipinski definition) is 8. The number of aliphatic hydroxyl groups is 1. The van der Waals surface area contributed by atoms with Gasteiger partial charge in [-0.15, -0.1) is 0 Å². The summed E-state index contributed by atoms with van der Waals surface area (Å²) in [6.07, 6.45) is -6.00. The fourth-order valence-electron chi connectivity index (χ4n) is 3.55. The summed E-state index contributed by atoms with van der Waals surface area (Å²) in [5.74, 6) is 0. The van der Waals surface area contributed by atoms with Crippen molar-refractivity contribution in [3.05, 3.63) is 65.7 Å². The van der Waals surface area contributed by atoms with E-state index in [-0.39, 0.29) is 11.5 Å². The minimum Gasteiger partial charge on any atom is -0.385 e. The Hall–Kier alpha value is -1.85. The zero-order valence-electron chi connectivity index (χ0n) is 16.6. The van der Waals surface area contributed by atoms with Crippen LogP contribution in [0.15, 0.2) is 59.5 Å². The second kappa shape index (κ2) is 8.72. The Morgan fingerprint density at radius 3 is 2.40 bits per heavy atom. The van der Waals surface area contributed by atoms with Gasteiger partial charge in [0.1, 0.15) is 24.4 Å². The van der Waals surface area contributed by atoms with Gasteiger partial charge in [0.15, 0.2) is 12.6 Å². The quantitative estimate of drug-likeness (QED) is 0.710. The molecular formula is C21H24O8S. The number of benzene rings is 2. The van der Waals surface area contributed by atoms with E-state index in [4.69, 9.17) is 23.1 Å². The van der Waals surface area contributed by atoms with Gasteiger partial charge in [-0.1, -0.05) is 48.0 Å². The lowest BCUT2D eigenvalue weighted by molar-refractivity contribution is -0.354. The molecule has 0 saturated carbocycles. The van der Waals surface area contributed by atoms with Crippen LogP contribution in [0.4, 0.5) is 0 Å². The molecule has 0 radical (unpaired) electrons. The van der Waals surface area contributed by atoms with Gasteiger partial charge in [0.25, 0.3) is 10.1 Å². The molecule has 6 atom stereocenters. The Labute approximate surface area is 175 Å². The first-order valence-electron chi connectivity index (χ1n) is 9.57. The third-order valence-electron chi connectivity index (χ3n) is 5.16. The number of methoxy groups -OCH3 is 1. The standard InChI is InChI=1S/C21H24O8S/c1-13-8-10-15(11-9-13)30(23,24)29-19-17(22)21(25-2)27-16-12-26-20(28-18(16)19)14-6-4-3-5-7-14/h3-11,16-22H,12H2,1-2H3/t16-,17-,18+,19-,20?,21+/m1/s1. The maximum absolute atomic E-state index is 12.9. The number of ether oxygens (including phenoxy) is 4. The Bertz CT molecular complexity index is 947. The molecule has 1 N–H and O–H groups in total. The molecule has 0 aromatic heterocycles. The second-order valence-electron chi connectivity index (χ2n) is 7.27. The van der Waals surface area contributed by atoms with Crippen LogP contribution in [0.25, 0.3) is 0 Å². The minimum atomic E-state index is -4.17. The van der Waals surface area contributed by atoms with Crippen LogP contribution in [0.2, 0.25) is 0 Å². The second-order valence-corrected chi connectivity index (χ2v) is 8.85. The Morgan fingerprint density at radius 2 is 1.73 bits per heavy atom. The molecule has 4 rings (SSSR count). The summed E-state index contributed by atoms with van der Waals surface area (Å²) in [6, 6.07) is 15.5. The fraction of sp³-hybridized carbons (Fsp3) is 0.429. The molecule has 2 saturated heterocycles. The van der Waals surface area contributed by atoms with Crippen LogP contribution >= 0.6 is 0 Å². The summed E-state index contributed by atoms with van der Waals surface area (Å²) in [4.78, 5) is -0.0102. The molecule has 9 heteroatoms. The number of aryl methyl sites for hydroxylation is 1. The first kappa shape index (κ1) is 21.4. The predicted molar refractivity (Wildman–Crippen MR) is 105 cm³/mol. The molecule has 30 heavy (non-hydrogen) atoms. The van der Waals surface area contributed by atoms with Gasteiger partial charge in [-0.3, -0.25) is 4.18 Å². The van der Waals surface area contributed by atoms with E-state index in [1.807, 2.05) is 37.3 Å². The maximum atomic E-state index is 12.9. The molecule has 162 valence electrons. The van der Waals surface area contributed by atoms with E-state index < -0.39 is 47.1 Å². The predicted octanol–water partition coefficient (Wildman–Crippen LogP) is 1.92. The van der Waals surface area contributed by atoms with Crippen molar-refractivity contribution in [2.24, 2.45) is 0 Å². The van der Waals surface area contributed by atoms with Crippen molar-refractivity contribution in [2.75, 3.05) is 13.7 Å². The summed E-state index contributed by atoms with van der Waals surface area (Å²) in [7, 11) is -2.81. The largest absolute Gasteiger partial charge is 0.385 e. The molecule has 2 aromatic rings. The lowest BCUT2D eigenvalue weighted by Gasteiger charge is -2.46. The average molecular weight is 436 g/mol. The summed E-state index contributed by atoms with van der Waals surface area (Å²) in [5.41, 5.74) is 1.68. The third-order valence-corrected chi connectivity index (χ3v) is 6.48. The number of hydrogen-bond donors (Lipinski definition) is 1. The molecule has 1 unspecified atom stereocenters. The van der Waals surface area contributed by atoms with Gasteiger partial charge in [-0.05, 0) is 19.1 Å². The van der Waals surface area contributed by atoms with Crippen molar-refractivity contribution >= 4 is 10.1 Å².